The van der Waals surface area contributed by atoms with Gasteiger partial charge < -0.3 is 9.47 Å². The number of carbonyl (C=O) groups excluding carboxylic acids is 1. The largest absolute Gasteiger partial charge is 0.496 e. The quantitative estimate of drug-likeness (QED) is 0.780. The van der Waals surface area contributed by atoms with Crippen molar-refractivity contribution in [1.82, 2.24) is 0 Å². The first-order valence-electron chi connectivity index (χ1n) is 5.05. The van der Waals surface area contributed by atoms with Crippen molar-refractivity contribution in [2.24, 2.45) is 0 Å². The molecule has 0 aromatic heterocycles. The molecule has 0 fully saturated rings. The van der Waals surface area contributed by atoms with Gasteiger partial charge >= 0.3 is 0 Å². The van der Waals surface area contributed by atoms with E-state index in [1.165, 1.54) is 6.92 Å². The molecule has 1 aromatic carbocycles. The van der Waals surface area contributed by atoms with Gasteiger partial charge in [0, 0.05) is 11.6 Å². The van der Waals surface area contributed by atoms with Crippen molar-refractivity contribution in [3.63, 3.8) is 0 Å². The van der Waals surface area contributed by atoms with E-state index in [-0.39, 0.29) is 10.6 Å². The molecule has 16 heavy (non-hydrogen) atoms. The number of benzene rings is 1. The summed E-state index contributed by atoms with van der Waals surface area (Å²) in [6.07, 6.45) is 0. The van der Waals surface area contributed by atoms with Gasteiger partial charge in [-0.1, -0.05) is 22.0 Å². The number of halogens is 1. The Bertz CT molecular complexity index is 377. The Kier molecular flexibility index (Phi) is 4.80. The molecule has 3 nitrogen and oxygen atoms in total. The molecule has 0 saturated heterocycles. The summed E-state index contributed by atoms with van der Waals surface area (Å²) in [7, 11) is 1.58. The van der Waals surface area contributed by atoms with Gasteiger partial charge in [-0.3, -0.25) is 4.79 Å². The minimum Gasteiger partial charge on any atom is -0.496 e. The molecule has 1 rings (SSSR count). The first-order chi connectivity index (χ1) is 7.60. The highest BCUT2D eigenvalue weighted by molar-refractivity contribution is 9.09. The van der Waals surface area contributed by atoms with E-state index in [0.29, 0.717) is 12.4 Å². The van der Waals surface area contributed by atoms with Gasteiger partial charge in [-0.15, -0.1) is 0 Å². The van der Waals surface area contributed by atoms with Crippen LogP contribution in [0, 0.1) is 0 Å². The summed E-state index contributed by atoms with van der Waals surface area (Å²) < 4.78 is 10.6. The normalized spacial score (nSPS) is 12.0. The van der Waals surface area contributed by atoms with E-state index in [1.807, 2.05) is 19.1 Å². The van der Waals surface area contributed by atoms with Crippen molar-refractivity contribution in [2.75, 3.05) is 13.7 Å². The molecule has 4 heteroatoms. The van der Waals surface area contributed by atoms with Gasteiger partial charge in [-0.2, -0.15) is 0 Å². The molecule has 0 N–H and O–H groups in total. The van der Waals surface area contributed by atoms with Crippen LogP contribution in [-0.4, -0.2) is 19.5 Å². The standard InChI is InChI=1S/C12H15BrO3/c1-4-16-9-5-6-10(11(7-9)15-3)12(13)8(2)14/h5-7,12H,4H2,1-3H3. The van der Waals surface area contributed by atoms with Crippen LogP contribution in [0.15, 0.2) is 18.2 Å². The van der Waals surface area contributed by atoms with Crippen molar-refractivity contribution >= 4 is 21.7 Å². The number of methoxy groups -OCH3 is 1. The lowest BCUT2D eigenvalue weighted by atomic mass is 10.1. The van der Waals surface area contributed by atoms with E-state index in [1.54, 1.807) is 13.2 Å². The molecule has 0 spiro atoms. The summed E-state index contributed by atoms with van der Waals surface area (Å²) in [5.41, 5.74) is 0.818. The van der Waals surface area contributed by atoms with Crippen LogP contribution in [-0.2, 0) is 4.79 Å². The molecule has 1 aromatic rings. The number of ketones is 1. The van der Waals surface area contributed by atoms with Crippen LogP contribution in [0.2, 0.25) is 0 Å². The molecule has 0 amide bonds. The molecular weight excluding hydrogens is 272 g/mol. The van der Waals surface area contributed by atoms with Crippen molar-refractivity contribution in [1.29, 1.82) is 0 Å². The Morgan fingerprint density at radius 3 is 2.69 bits per heavy atom. The molecule has 0 saturated carbocycles. The van der Waals surface area contributed by atoms with Crippen molar-refractivity contribution in [2.45, 2.75) is 18.7 Å². The number of carbonyl (C=O) groups is 1. The molecule has 88 valence electrons. The number of rotatable bonds is 5. The second-order valence-corrected chi connectivity index (χ2v) is 4.23. The zero-order valence-electron chi connectivity index (χ0n) is 9.62. The average Bonchev–Trinajstić information content (AvgIpc) is 2.28. The Balaban J connectivity index is 3.06. The van der Waals surface area contributed by atoms with Gasteiger partial charge in [-0.25, -0.2) is 0 Å². The van der Waals surface area contributed by atoms with Crippen LogP contribution < -0.4 is 9.47 Å². The topological polar surface area (TPSA) is 35.5 Å². The number of hydrogen-bond acceptors (Lipinski definition) is 3. The summed E-state index contributed by atoms with van der Waals surface area (Å²) in [5, 5.41) is 0. The summed E-state index contributed by atoms with van der Waals surface area (Å²) >= 11 is 3.34. The van der Waals surface area contributed by atoms with Crippen LogP contribution in [0.5, 0.6) is 11.5 Å². The maximum absolute atomic E-state index is 11.3. The fourth-order valence-corrected chi connectivity index (χ4v) is 1.75. The smallest absolute Gasteiger partial charge is 0.147 e. The molecule has 0 radical (unpaired) electrons. The van der Waals surface area contributed by atoms with Crippen LogP contribution >= 0.6 is 15.9 Å². The summed E-state index contributed by atoms with van der Waals surface area (Å²) in [6.45, 7) is 4.06. The SMILES string of the molecule is CCOc1ccc(C(Br)C(C)=O)c(OC)c1. The lowest BCUT2D eigenvalue weighted by molar-refractivity contribution is -0.116. The number of Topliss-reactive ketones (excluding diaryl/α,β-unsaturated/α-hetero) is 1. The molecule has 0 aliphatic heterocycles. The van der Waals surface area contributed by atoms with Crippen LogP contribution in [0.3, 0.4) is 0 Å². The molecule has 1 atom stereocenters. The molecule has 0 bridgehead atoms. The Labute approximate surface area is 104 Å². The van der Waals surface area contributed by atoms with E-state index in [2.05, 4.69) is 15.9 Å². The Morgan fingerprint density at radius 2 is 2.19 bits per heavy atom. The molecular formula is C12H15BrO3. The van der Waals surface area contributed by atoms with E-state index in [4.69, 9.17) is 9.47 Å². The van der Waals surface area contributed by atoms with Crippen LogP contribution in [0.25, 0.3) is 0 Å². The first-order valence-corrected chi connectivity index (χ1v) is 5.97. The van der Waals surface area contributed by atoms with Crippen molar-refractivity contribution in [3.05, 3.63) is 23.8 Å². The highest BCUT2D eigenvalue weighted by Crippen LogP contribution is 2.34. The number of hydrogen-bond donors (Lipinski definition) is 0. The van der Waals surface area contributed by atoms with Crippen molar-refractivity contribution in [3.8, 4) is 11.5 Å². The highest BCUT2D eigenvalue weighted by atomic mass is 79.9. The second kappa shape index (κ2) is 5.89. The first kappa shape index (κ1) is 13.0. The van der Waals surface area contributed by atoms with Gasteiger partial charge in [0.15, 0.2) is 0 Å². The van der Waals surface area contributed by atoms with Crippen molar-refractivity contribution < 1.29 is 14.3 Å². The van der Waals surface area contributed by atoms with Gasteiger partial charge in [0.1, 0.15) is 22.1 Å². The molecule has 1 unspecified atom stereocenters. The summed E-state index contributed by atoms with van der Waals surface area (Å²) in [5.74, 6) is 1.44. The maximum Gasteiger partial charge on any atom is 0.147 e. The fourth-order valence-electron chi connectivity index (χ4n) is 1.38. The van der Waals surface area contributed by atoms with Gasteiger partial charge in [-0.05, 0) is 19.9 Å². The predicted molar refractivity (Wildman–Crippen MR) is 66.5 cm³/mol. The summed E-state index contributed by atoms with van der Waals surface area (Å²) in [4.78, 5) is 11.0. The third-order valence-corrected chi connectivity index (χ3v) is 3.28. The Hall–Kier alpha value is -1.03. The average molecular weight is 287 g/mol. The zero-order valence-corrected chi connectivity index (χ0v) is 11.2. The van der Waals surface area contributed by atoms with E-state index < -0.39 is 0 Å². The number of alkyl halides is 1. The summed E-state index contributed by atoms with van der Waals surface area (Å²) in [6, 6.07) is 5.46. The lowest BCUT2D eigenvalue weighted by Crippen LogP contribution is -2.04. The maximum atomic E-state index is 11.3. The monoisotopic (exact) mass is 286 g/mol. The molecule has 0 aliphatic carbocycles. The van der Waals surface area contributed by atoms with Crippen LogP contribution in [0.4, 0.5) is 0 Å². The highest BCUT2D eigenvalue weighted by Gasteiger charge is 2.17. The van der Waals surface area contributed by atoms with Gasteiger partial charge in [0.2, 0.25) is 0 Å². The third kappa shape index (κ3) is 2.98. The van der Waals surface area contributed by atoms with Crippen LogP contribution in [0.1, 0.15) is 24.2 Å². The lowest BCUT2D eigenvalue weighted by Gasteiger charge is -2.13. The minimum absolute atomic E-state index is 0.0439. The predicted octanol–water partition coefficient (Wildman–Crippen LogP) is 3.12. The molecule has 0 heterocycles. The Morgan fingerprint density at radius 1 is 1.50 bits per heavy atom. The fraction of sp³-hybridized carbons (Fsp3) is 0.417. The minimum atomic E-state index is -0.335. The van der Waals surface area contributed by atoms with Gasteiger partial charge in [0.25, 0.3) is 0 Å². The third-order valence-electron chi connectivity index (χ3n) is 2.15. The zero-order chi connectivity index (χ0) is 12.1. The van der Waals surface area contributed by atoms with E-state index in [0.717, 1.165) is 11.3 Å². The second-order valence-electron chi connectivity index (χ2n) is 3.31. The number of ether oxygens (including phenoxy) is 2. The van der Waals surface area contributed by atoms with Gasteiger partial charge in [0.05, 0.1) is 13.7 Å². The van der Waals surface area contributed by atoms with E-state index >= 15 is 0 Å². The van der Waals surface area contributed by atoms with E-state index in [9.17, 15) is 4.79 Å². The molecule has 0 aliphatic rings.